The highest BCUT2D eigenvalue weighted by atomic mass is 35.5. The fourth-order valence-corrected chi connectivity index (χ4v) is 3.32. The first-order chi connectivity index (χ1) is 13.2. The molecule has 1 aliphatic heterocycles. The number of ether oxygens (including phenoxy) is 1. The number of hydrogen-bond donors (Lipinski definition) is 1. The van der Waals surface area contributed by atoms with E-state index in [1.54, 1.807) is 7.05 Å². The fourth-order valence-electron chi connectivity index (χ4n) is 3.13. The molecule has 0 unspecified atom stereocenters. The Kier molecular flexibility index (Phi) is 7.06. The summed E-state index contributed by atoms with van der Waals surface area (Å²) in [6.45, 7) is 3.13. The van der Waals surface area contributed by atoms with Crippen molar-refractivity contribution >= 4 is 17.6 Å². The van der Waals surface area contributed by atoms with Gasteiger partial charge >= 0.3 is 0 Å². The molecule has 8 heteroatoms. The van der Waals surface area contributed by atoms with Crippen LogP contribution in [0.15, 0.2) is 33.8 Å². The molecule has 0 amide bonds. The van der Waals surface area contributed by atoms with Crippen LogP contribution in [0.25, 0.3) is 11.4 Å². The van der Waals surface area contributed by atoms with Crippen LogP contribution in [0, 0.1) is 5.92 Å². The Bertz CT molecular complexity index is 758. The molecule has 2 aromatic rings. The number of nitrogens with one attached hydrogen (secondary N) is 1. The van der Waals surface area contributed by atoms with E-state index < -0.39 is 0 Å². The molecular formula is C19H26ClN5O2. The molecule has 0 spiro atoms. The van der Waals surface area contributed by atoms with Crippen LogP contribution in [-0.4, -0.2) is 54.9 Å². The largest absolute Gasteiger partial charge is 0.381 e. The average Bonchev–Trinajstić information content (AvgIpc) is 3.17. The van der Waals surface area contributed by atoms with E-state index in [9.17, 15) is 0 Å². The van der Waals surface area contributed by atoms with E-state index in [1.165, 1.54) is 0 Å². The number of hydrogen-bond acceptors (Lipinski definition) is 5. The van der Waals surface area contributed by atoms with Crippen molar-refractivity contribution in [3.8, 4) is 11.4 Å². The van der Waals surface area contributed by atoms with Crippen molar-refractivity contribution in [1.29, 1.82) is 0 Å². The summed E-state index contributed by atoms with van der Waals surface area (Å²) < 4.78 is 10.8. The van der Waals surface area contributed by atoms with Gasteiger partial charge in [0.2, 0.25) is 11.7 Å². The summed E-state index contributed by atoms with van der Waals surface area (Å²) in [6.07, 6.45) is 3.43. The molecule has 2 heterocycles. The number of rotatable bonds is 6. The van der Waals surface area contributed by atoms with Gasteiger partial charge in [0.15, 0.2) is 5.96 Å². The van der Waals surface area contributed by atoms with Crippen molar-refractivity contribution in [1.82, 2.24) is 20.4 Å². The lowest BCUT2D eigenvalue weighted by atomic mass is 9.96. The third kappa shape index (κ3) is 5.68. The van der Waals surface area contributed by atoms with Crippen molar-refractivity contribution in [2.24, 2.45) is 10.9 Å². The van der Waals surface area contributed by atoms with Gasteiger partial charge in [-0.2, -0.15) is 4.98 Å². The Morgan fingerprint density at radius 1 is 1.37 bits per heavy atom. The Hall–Kier alpha value is -2.12. The van der Waals surface area contributed by atoms with Crippen LogP contribution in [0.1, 0.15) is 25.2 Å². The first-order valence-electron chi connectivity index (χ1n) is 9.23. The van der Waals surface area contributed by atoms with Gasteiger partial charge < -0.3 is 19.5 Å². The van der Waals surface area contributed by atoms with Crippen LogP contribution in [0.4, 0.5) is 0 Å². The van der Waals surface area contributed by atoms with E-state index >= 15 is 0 Å². The number of aromatic nitrogens is 2. The zero-order valence-electron chi connectivity index (χ0n) is 15.8. The van der Waals surface area contributed by atoms with Gasteiger partial charge in [0.1, 0.15) is 0 Å². The Morgan fingerprint density at radius 3 is 2.93 bits per heavy atom. The molecule has 1 saturated heterocycles. The first kappa shape index (κ1) is 19.6. The molecule has 3 rings (SSSR count). The van der Waals surface area contributed by atoms with Gasteiger partial charge in [-0.05, 0) is 37.3 Å². The second-order valence-electron chi connectivity index (χ2n) is 6.69. The molecule has 0 radical (unpaired) electrons. The minimum atomic E-state index is 0.418. The smallest absolute Gasteiger partial charge is 0.246 e. The first-order valence-corrected chi connectivity index (χ1v) is 9.61. The van der Waals surface area contributed by atoms with Crippen LogP contribution in [0.3, 0.4) is 0 Å². The molecule has 0 saturated carbocycles. The number of aliphatic imine (C=N–C) groups is 1. The van der Waals surface area contributed by atoms with Gasteiger partial charge in [-0.1, -0.05) is 28.9 Å². The molecule has 1 aliphatic rings. The monoisotopic (exact) mass is 391 g/mol. The van der Waals surface area contributed by atoms with Crippen LogP contribution in [0.5, 0.6) is 0 Å². The minimum absolute atomic E-state index is 0.418. The summed E-state index contributed by atoms with van der Waals surface area (Å²) in [5, 5.41) is 7.94. The van der Waals surface area contributed by atoms with Gasteiger partial charge in [0.05, 0.1) is 6.54 Å². The fraction of sp³-hybridized carbons (Fsp3) is 0.526. The van der Waals surface area contributed by atoms with E-state index in [1.807, 2.05) is 31.3 Å². The lowest BCUT2D eigenvalue weighted by Gasteiger charge is -2.26. The van der Waals surface area contributed by atoms with E-state index in [0.717, 1.165) is 56.5 Å². The summed E-state index contributed by atoms with van der Waals surface area (Å²) in [6, 6.07) is 7.39. The number of halogens is 1. The Morgan fingerprint density at radius 2 is 2.19 bits per heavy atom. The predicted molar refractivity (Wildman–Crippen MR) is 106 cm³/mol. The van der Waals surface area contributed by atoms with Crippen molar-refractivity contribution in [3.63, 3.8) is 0 Å². The second-order valence-corrected chi connectivity index (χ2v) is 7.13. The van der Waals surface area contributed by atoms with Gasteiger partial charge in [0.25, 0.3) is 0 Å². The lowest BCUT2D eigenvalue weighted by Crippen LogP contribution is -2.39. The van der Waals surface area contributed by atoms with E-state index in [0.29, 0.717) is 23.3 Å². The third-order valence-electron chi connectivity index (χ3n) is 4.74. The zero-order chi connectivity index (χ0) is 19.1. The third-order valence-corrected chi connectivity index (χ3v) is 4.97. The number of benzene rings is 1. The molecule has 1 aromatic heterocycles. The normalized spacial score (nSPS) is 15.7. The Labute approximate surface area is 164 Å². The van der Waals surface area contributed by atoms with E-state index in [2.05, 4.69) is 25.3 Å². The summed E-state index contributed by atoms with van der Waals surface area (Å²) in [7, 11) is 3.82. The molecule has 1 aromatic carbocycles. The Balaban J connectivity index is 1.50. The van der Waals surface area contributed by atoms with Crippen LogP contribution in [0.2, 0.25) is 5.02 Å². The maximum atomic E-state index is 6.02. The summed E-state index contributed by atoms with van der Waals surface area (Å²) >= 11 is 6.02. The van der Waals surface area contributed by atoms with Crippen LogP contribution < -0.4 is 5.32 Å². The highest BCUT2D eigenvalue weighted by Crippen LogP contribution is 2.20. The highest BCUT2D eigenvalue weighted by Gasteiger charge is 2.16. The maximum absolute atomic E-state index is 6.02. The second kappa shape index (κ2) is 9.71. The van der Waals surface area contributed by atoms with Gasteiger partial charge in [-0.25, -0.2) is 0 Å². The molecule has 0 aliphatic carbocycles. The summed E-state index contributed by atoms with van der Waals surface area (Å²) in [4.78, 5) is 10.9. The molecule has 1 fully saturated rings. The zero-order valence-corrected chi connectivity index (χ0v) is 16.6. The maximum Gasteiger partial charge on any atom is 0.246 e. The molecule has 7 nitrogen and oxygen atoms in total. The summed E-state index contributed by atoms with van der Waals surface area (Å²) in [5.41, 5.74) is 0.829. The topological polar surface area (TPSA) is 75.8 Å². The SMILES string of the molecule is CN=C(NCc1nc(-c2cccc(Cl)c2)no1)N(C)CCC1CCOCC1. The van der Waals surface area contributed by atoms with Gasteiger partial charge in [-0.15, -0.1) is 0 Å². The molecule has 0 bridgehead atoms. The minimum Gasteiger partial charge on any atom is -0.381 e. The lowest BCUT2D eigenvalue weighted by molar-refractivity contribution is 0.0625. The van der Waals surface area contributed by atoms with Crippen LogP contribution in [-0.2, 0) is 11.3 Å². The standard InChI is InChI=1S/C19H26ClN5O2/c1-21-19(25(2)9-6-14-7-10-26-11-8-14)22-13-17-23-18(24-27-17)15-4-3-5-16(20)12-15/h3-5,12,14H,6-11,13H2,1-2H3,(H,21,22). The quantitative estimate of drug-likeness (QED) is 0.602. The average molecular weight is 392 g/mol. The van der Waals surface area contributed by atoms with Gasteiger partial charge in [0, 0.05) is 44.4 Å². The van der Waals surface area contributed by atoms with Crippen LogP contribution >= 0.6 is 11.6 Å². The van der Waals surface area contributed by atoms with Crippen molar-refractivity contribution in [3.05, 3.63) is 35.2 Å². The molecule has 27 heavy (non-hydrogen) atoms. The van der Waals surface area contributed by atoms with Crippen molar-refractivity contribution < 1.29 is 9.26 Å². The molecule has 146 valence electrons. The van der Waals surface area contributed by atoms with Gasteiger partial charge in [-0.3, -0.25) is 4.99 Å². The highest BCUT2D eigenvalue weighted by molar-refractivity contribution is 6.30. The van der Waals surface area contributed by atoms with Crippen molar-refractivity contribution in [2.45, 2.75) is 25.8 Å². The van der Waals surface area contributed by atoms with E-state index in [-0.39, 0.29) is 0 Å². The van der Waals surface area contributed by atoms with Crippen molar-refractivity contribution in [2.75, 3.05) is 33.9 Å². The molecular weight excluding hydrogens is 366 g/mol. The number of guanidine groups is 1. The predicted octanol–water partition coefficient (Wildman–Crippen LogP) is 3.21. The number of nitrogens with zero attached hydrogens (tertiary/aromatic N) is 4. The molecule has 1 N–H and O–H groups in total. The summed E-state index contributed by atoms with van der Waals surface area (Å²) in [5.74, 6) is 2.57. The molecule has 0 atom stereocenters. The van der Waals surface area contributed by atoms with E-state index in [4.69, 9.17) is 20.9 Å².